The Morgan fingerprint density at radius 2 is 2.11 bits per heavy atom. The molecule has 1 aromatic carbocycles. The van der Waals surface area contributed by atoms with Gasteiger partial charge in [-0.05, 0) is 17.7 Å². The summed E-state index contributed by atoms with van der Waals surface area (Å²) in [7, 11) is 0. The van der Waals surface area contributed by atoms with Gasteiger partial charge in [0, 0.05) is 17.8 Å². The predicted molar refractivity (Wildman–Crippen MR) is 61.8 cm³/mol. The molecule has 0 saturated carbocycles. The molecule has 0 atom stereocenters. The molecule has 0 bridgehead atoms. The first-order valence-electron chi connectivity index (χ1n) is 5.63. The van der Waals surface area contributed by atoms with E-state index in [2.05, 4.69) is 10.6 Å². The fourth-order valence-corrected chi connectivity index (χ4v) is 1.78. The Labute approximate surface area is 107 Å². The van der Waals surface area contributed by atoms with Crippen molar-refractivity contribution in [1.29, 1.82) is 0 Å². The molecule has 0 fully saturated rings. The lowest BCUT2D eigenvalue weighted by atomic mass is 10.1. The van der Waals surface area contributed by atoms with Gasteiger partial charge in [0.2, 0.25) is 5.91 Å². The Kier molecular flexibility index (Phi) is 3.46. The second-order valence-electron chi connectivity index (χ2n) is 4.22. The van der Waals surface area contributed by atoms with E-state index in [-0.39, 0.29) is 17.9 Å². The van der Waals surface area contributed by atoms with Crippen molar-refractivity contribution >= 4 is 17.5 Å². The number of halogens is 3. The molecule has 0 aromatic heterocycles. The number of nitrogens with one attached hydrogen (secondary N) is 2. The van der Waals surface area contributed by atoms with Crippen LogP contribution in [-0.2, 0) is 11.2 Å². The number of hydrogen-bond acceptors (Lipinski definition) is 2. The minimum Gasteiger partial charge on any atom is -0.352 e. The Morgan fingerprint density at radius 3 is 2.79 bits per heavy atom. The van der Waals surface area contributed by atoms with Crippen LogP contribution in [0, 0.1) is 0 Å². The largest absolute Gasteiger partial charge is 0.390 e. The van der Waals surface area contributed by atoms with Gasteiger partial charge in [0.25, 0.3) is 5.91 Å². The number of amides is 2. The van der Waals surface area contributed by atoms with Crippen LogP contribution in [0.4, 0.5) is 18.9 Å². The third kappa shape index (κ3) is 3.46. The van der Waals surface area contributed by atoms with Crippen LogP contribution in [0.2, 0.25) is 0 Å². The van der Waals surface area contributed by atoms with Crippen LogP contribution >= 0.6 is 0 Å². The van der Waals surface area contributed by atoms with Crippen LogP contribution in [-0.4, -0.2) is 24.5 Å². The highest BCUT2D eigenvalue weighted by molar-refractivity contribution is 6.02. The minimum absolute atomic E-state index is 0.162. The number of rotatable bonds is 3. The maximum absolute atomic E-state index is 11.9. The normalized spacial score (nSPS) is 13.9. The number of anilines is 1. The van der Waals surface area contributed by atoms with Crippen molar-refractivity contribution in [2.45, 2.75) is 19.0 Å². The van der Waals surface area contributed by atoms with Crippen LogP contribution in [0.1, 0.15) is 22.3 Å². The standard InChI is InChI=1S/C12H11F3N2O2/c13-12(14,15)3-4-16-11(19)8-2-1-7-6-10(18)17-9(7)5-8/h1-2,5H,3-4,6H2,(H,16,19)(H,17,18). The second-order valence-corrected chi connectivity index (χ2v) is 4.22. The maximum Gasteiger partial charge on any atom is 0.390 e. The van der Waals surface area contributed by atoms with E-state index in [9.17, 15) is 22.8 Å². The molecular weight excluding hydrogens is 261 g/mol. The first-order chi connectivity index (χ1) is 8.85. The molecule has 1 aliphatic heterocycles. The van der Waals surface area contributed by atoms with Crippen molar-refractivity contribution in [2.75, 3.05) is 11.9 Å². The summed E-state index contributed by atoms with van der Waals surface area (Å²) in [5, 5.41) is 4.76. The number of alkyl halides is 3. The van der Waals surface area contributed by atoms with Gasteiger partial charge < -0.3 is 10.6 Å². The second kappa shape index (κ2) is 4.91. The Balaban J connectivity index is 1.97. The zero-order valence-electron chi connectivity index (χ0n) is 9.80. The van der Waals surface area contributed by atoms with Gasteiger partial charge in [0.05, 0.1) is 12.8 Å². The van der Waals surface area contributed by atoms with Crippen molar-refractivity contribution < 1.29 is 22.8 Å². The average Bonchev–Trinajstić information content (AvgIpc) is 2.65. The molecular formula is C12H11F3N2O2. The van der Waals surface area contributed by atoms with Gasteiger partial charge in [-0.3, -0.25) is 9.59 Å². The number of carbonyl (C=O) groups is 2. The predicted octanol–water partition coefficient (Wildman–Crippen LogP) is 1.86. The molecule has 102 valence electrons. The van der Waals surface area contributed by atoms with Crippen LogP contribution in [0.25, 0.3) is 0 Å². The van der Waals surface area contributed by atoms with Gasteiger partial charge >= 0.3 is 6.18 Å². The van der Waals surface area contributed by atoms with Gasteiger partial charge in [0.1, 0.15) is 0 Å². The molecule has 19 heavy (non-hydrogen) atoms. The molecule has 7 heteroatoms. The van der Waals surface area contributed by atoms with Crippen molar-refractivity contribution in [2.24, 2.45) is 0 Å². The quantitative estimate of drug-likeness (QED) is 0.882. The van der Waals surface area contributed by atoms with E-state index in [1.54, 1.807) is 6.07 Å². The number of hydrogen-bond donors (Lipinski definition) is 2. The van der Waals surface area contributed by atoms with Crippen molar-refractivity contribution in [1.82, 2.24) is 5.32 Å². The summed E-state index contributed by atoms with van der Waals surface area (Å²) in [4.78, 5) is 22.7. The van der Waals surface area contributed by atoms with E-state index < -0.39 is 25.0 Å². The maximum atomic E-state index is 11.9. The first kappa shape index (κ1) is 13.4. The van der Waals surface area contributed by atoms with Crippen LogP contribution in [0.15, 0.2) is 18.2 Å². The summed E-state index contributed by atoms with van der Waals surface area (Å²) in [6.45, 7) is -0.466. The van der Waals surface area contributed by atoms with Crippen molar-refractivity contribution in [3.8, 4) is 0 Å². The molecule has 0 saturated heterocycles. The van der Waals surface area contributed by atoms with E-state index >= 15 is 0 Å². The molecule has 1 aliphatic rings. The lowest BCUT2D eigenvalue weighted by Crippen LogP contribution is -2.27. The third-order valence-corrected chi connectivity index (χ3v) is 2.69. The summed E-state index contributed by atoms with van der Waals surface area (Å²) in [5.41, 5.74) is 1.54. The molecule has 0 radical (unpaired) electrons. The van der Waals surface area contributed by atoms with Crippen molar-refractivity contribution in [3.05, 3.63) is 29.3 Å². The summed E-state index contributed by atoms with van der Waals surface area (Å²) in [5.74, 6) is -0.752. The third-order valence-electron chi connectivity index (χ3n) is 2.69. The van der Waals surface area contributed by atoms with E-state index in [4.69, 9.17) is 0 Å². The molecule has 1 aromatic rings. The van der Waals surface area contributed by atoms with Gasteiger partial charge in [-0.1, -0.05) is 6.07 Å². The number of fused-ring (bicyclic) bond motifs is 1. The molecule has 2 N–H and O–H groups in total. The average molecular weight is 272 g/mol. The van der Waals surface area contributed by atoms with E-state index in [1.807, 2.05) is 0 Å². The first-order valence-corrected chi connectivity index (χ1v) is 5.63. The van der Waals surface area contributed by atoms with Crippen molar-refractivity contribution in [3.63, 3.8) is 0 Å². The van der Waals surface area contributed by atoms with E-state index in [0.29, 0.717) is 5.69 Å². The fraction of sp³-hybridized carbons (Fsp3) is 0.333. The van der Waals surface area contributed by atoms with E-state index in [1.165, 1.54) is 12.1 Å². The molecule has 2 amide bonds. The number of benzene rings is 1. The summed E-state index contributed by atoms with van der Waals surface area (Å²) in [6, 6.07) is 4.57. The molecule has 0 spiro atoms. The summed E-state index contributed by atoms with van der Waals surface area (Å²) >= 11 is 0. The smallest absolute Gasteiger partial charge is 0.352 e. The Bertz CT molecular complexity index is 526. The highest BCUT2D eigenvalue weighted by Crippen LogP contribution is 2.24. The van der Waals surface area contributed by atoms with Gasteiger partial charge in [-0.2, -0.15) is 13.2 Å². The van der Waals surface area contributed by atoms with E-state index in [0.717, 1.165) is 5.56 Å². The fourth-order valence-electron chi connectivity index (χ4n) is 1.78. The SMILES string of the molecule is O=C1Cc2ccc(C(=O)NCCC(F)(F)F)cc2N1. The lowest BCUT2D eigenvalue weighted by molar-refractivity contribution is -0.133. The van der Waals surface area contributed by atoms with Gasteiger partial charge in [0.15, 0.2) is 0 Å². The summed E-state index contributed by atoms with van der Waals surface area (Å²) in [6.07, 6.45) is -5.11. The minimum atomic E-state index is -4.29. The van der Waals surface area contributed by atoms with Gasteiger partial charge in [-0.25, -0.2) is 0 Å². The monoisotopic (exact) mass is 272 g/mol. The van der Waals surface area contributed by atoms with Gasteiger partial charge in [-0.15, -0.1) is 0 Å². The Hall–Kier alpha value is -2.05. The highest BCUT2D eigenvalue weighted by atomic mass is 19.4. The van der Waals surface area contributed by atoms with Crippen LogP contribution < -0.4 is 10.6 Å². The molecule has 2 rings (SSSR count). The summed E-state index contributed by atoms with van der Waals surface area (Å²) < 4.78 is 35.8. The van der Waals surface area contributed by atoms with Crippen LogP contribution in [0.5, 0.6) is 0 Å². The zero-order valence-corrected chi connectivity index (χ0v) is 9.80. The molecule has 1 heterocycles. The van der Waals surface area contributed by atoms with Crippen LogP contribution in [0.3, 0.4) is 0 Å². The molecule has 4 nitrogen and oxygen atoms in total. The number of carbonyl (C=O) groups excluding carboxylic acids is 2. The molecule has 0 unspecified atom stereocenters. The molecule has 0 aliphatic carbocycles. The lowest BCUT2D eigenvalue weighted by Gasteiger charge is -2.08. The topological polar surface area (TPSA) is 58.2 Å². The Morgan fingerprint density at radius 1 is 1.37 bits per heavy atom. The highest BCUT2D eigenvalue weighted by Gasteiger charge is 2.26. The zero-order chi connectivity index (χ0) is 14.0.